The van der Waals surface area contributed by atoms with Crippen LogP contribution in [0.2, 0.25) is 0 Å². The van der Waals surface area contributed by atoms with Crippen molar-refractivity contribution in [2.45, 2.75) is 0 Å². The summed E-state index contributed by atoms with van der Waals surface area (Å²) in [6, 6.07) is 32.3. The molecular weight excluding hydrogens is 504 g/mol. The van der Waals surface area contributed by atoms with E-state index in [9.17, 15) is 4.79 Å². The average Bonchev–Trinajstić information content (AvgIpc) is 2.97. The van der Waals surface area contributed by atoms with Gasteiger partial charge in [-0.25, -0.2) is 4.79 Å². The Morgan fingerprint density at radius 3 is 0.789 bits per heavy atom. The Morgan fingerprint density at radius 1 is 0.526 bits per heavy atom. The monoisotopic (exact) mass is 536 g/mol. The summed E-state index contributed by atoms with van der Waals surface area (Å²) in [5, 5.41) is 29.1. The second kappa shape index (κ2) is 48.8. The van der Waals surface area contributed by atoms with Crippen LogP contribution in [0.1, 0.15) is 10.4 Å². The molecule has 0 aliphatic rings. The number of hydrogen-bond acceptors (Lipinski definition) is 8. The van der Waals surface area contributed by atoms with Crippen LogP contribution in [-0.2, 0) is 33.4 Å². The Bertz CT molecular complexity index is 739. The van der Waals surface area contributed by atoms with Gasteiger partial charge in [-0.2, -0.15) is 0 Å². The van der Waals surface area contributed by atoms with Crippen LogP contribution in [0.15, 0.2) is 103 Å². The van der Waals surface area contributed by atoms with Gasteiger partial charge in [-0.05, 0) is 12.1 Å². The molecule has 0 aromatic heterocycles. The minimum Gasteiger partial charge on any atom is -0.483 e. The quantitative estimate of drug-likeness (QED) is 0.356. The van der Waals surface area contributed by atoms with Crippen LogP contribution < -0.4 is 0 Å². The minimum absolute atomic E-state index is 0.250. The van der Waals surface area contributed by atoms with E-state index in [1.54, 1.807) is 30.3 Å². The predicted molar refractivity (Wildman–Crippen MR) is 139 cm³/mol. The molecule has 0 spiro atoms. The van der Waals surface area contributed by atoms with Crippen molar-refractivity contribution in [3.05, 3.63) is 109 Å². The lowest BCUT2D eigenvalue weighted by Gasteiger charge is -1.88. The summed E-state index contributed by atoms with van der Waals surface area (Å²) >= 11 is 0. The van der Waals surface area contributed by atoms with Crippen molar-refractivity contribution in [1.29, 1.82) is 0 Å². The molecule has 0 atom stereocenters. The summed E-state index contributed by atoms with van der Waals surface area (Å²) in [6.45, 7) is 0. The number of methoxy groups -OCH3 is 2. The summed E-state index contributed by atoms with van der Waals surface area (Å²) < 4.78 is 7.72. The van der Waals surface area contributed by atoms with Crippen LogP contribution in [0.3, 0.4) is 0 Å². The number of rotatable bonds is 3. The van der Waals surface area contributed by atoms with E-state index >= 15 is 0 Å². The number of hydrogen-bond donors (Lipinski definition) is 4. The van der Waals surface area contributed by atoms with Crippen molar-refractivity contribution < 1.29 is 58.7 Å². The first-order chi connectivity index (χ1) is 18.4. The lowest BCUT2D eigenvalue weighted by Crippen LogP contribution is -1.93. The second-order valence-electron chi connectivity index (χ2n) is 4.96. The minimum atomic E-state index is -0.879. The van der Waals surface area contributed by atoms with Crippen molar-refractivity contribution in [3.63, 3.8) is 0 Å². The van der Waals surface area contributed by atoms with Crippen molar-refractivity contribution in [1.82, 2.24) is 0 Å². The van der Waals surface area contributed by atoms with E-state index in [0.29, 0.717) is 18.5 Å². The zero-order valence-corrected chi connectivity index (χ0v) is 20.8. The summed E-state index contributed by atoms with van der Waals surface area (Å²) in [5.41, 5.74) is 0.331. The fraction of sp³-hybridized carbons (Fsp3) is 0.0769. The standard InChI is InChI=1S/C7H6O2.2C6H6.2C2H4O2.3CH2O2/c8-7(9)6-4-2-1-3-5-6;2*1-2-4-6-5-3-1;2*1-4-2-3;3*2-1-3/h1-5H,(H,8,9);2*1-6H;2*2H,1H3;3*1H,(H,2,3). The molecule has 12 nitrogen and oxygen atoms in total. The lowest BCUT2D eigenvalue weighted by molar-refractivity contribution is -0.126. The van der Waals surface area contributed by atoms with Crippen molar-refractivity contribution >= 4 is 38.3 Å². The third-order valence-corrected chi connectivity index (χ3v) is 2.55. The van der Waals surface area contributed by atoms with Crippen LogP contribution in [0.25, 0.3) is 0 Å². The van der Waals surface area contributed by atoms with E-state index in [1.165, 1.54) is 14.2 Å². The predicted octanol–water partition coefficient (Wildman–Crippen LogP) is 3.44. The smallest absolute Gasteiger partial charge is 0.335 e. The molecule has 0 saturated carbocycles. The molecule has 3 aromatic carbocycles. The summed E-state index contributed by atoms with van der Waals surface area (Å²) in [7, 11) is 2.62. The molecule has 3 aromatic rings. The fourth-order valence-electron chi connectivity index (χ4n) is 1.35. The van der Waals surface area contributed by atoms with Gasteiger partial charge in [0.1, 0.15) is 0 Å². The van der Waals surface area contributed by atoms with Gasteiger partial charge in [0.15, 0.2) is 0 Å². The topological polar surface area (TPSA) is 202 Å². The van der Waals surface area contributed by atoms with Crippen molar-refractivity contribution in [2.24, 2.45) is 0 Å². The molecule has 0 aliphatic carbocycles. The summed E-state index contributed by atoms with van der Waals surface area (Å²) in [6.07, 6.45) is 0. The molecular formula is C26H32O12. The number of carboxylic acid groups (broad SMARTS) is 4. The molecule has 0 unspecified atom stereocenters. The zero-order chi connectivity index (χ0) is 30.1. The number of carbonyl (C=O) groups excluding carboxylic acids is 2. The van der Waals surface area contributed by atoms with E-state index in [-0.39, 0.29) is 19.4 Å². The molecule has 208 valence electrons. The van der Waals surface area contributed by atoms with Crippen LogP contribution >= 0.6 is 0 Å². The van der Waals surface area contributed by atoms with Gasteiger partial charge in [0.25, 0.3) is 32.4 Å². The molecule has 0 fully saturated rings. The van der Waals surface area contributed by atoms with Crippen molar-refractivity contribution in [2.75, 3.05) is 14.2 Å². The van der Waals surface area contributed by atoms with Gasteiger partial charge in [-0.3, -0.25) is 24.0 Å². The lowest BCUT2D eigenvalue weighted by atomic mass is 10.2. The molecule has 0 aliphatic heterocycles. The third kappa shape index (κ3) is 63.2. The fourth-order valence-corrected chi connectivity index (χ4v) is 1.35. The maximum atomic E-state index is 10.2. The number of carbonyl (C=O) groups is 6. The molecule has 0 bridgehead atoms. The molecule has 0 heterocycles. The Kier molecular flexibility index (Phi) is 54.7. The van der Waals surface area contributed by atoms with Crippen LogP contribution in [0.4, 0.5) is 0 Å². The maximum Gasteiger partial charge on any atom is 0.335 e. The van der Waals surface area contributed by atoms with Gasteiger partial charge in [-0.1, -0.05) is 91.0 Å². The molecule has 38 heavy (non-hydrogen) atoms. The van der Waals surface area contributed by atoms with E-state index in [2.05, 4.69) is 9.47 Å². The normalized spacial score (nSPS) is 6.68. The van der Waals surface area contributed by atoms with Gasteiger partial charge in [-0.15, -0.1) is 0 Å². The average molecular weight is 537 g/mol. The van der Waals surface area contributed by atoms with Gasteiger partial charge in [0.2, 0.25) is 0 Å². The SMILES string of the molecule is COC=O.COC=O.O=C(O)c1ccccc1.O=CO.O=CO.O=CO.c1ccccc1.c1ccccc1. The largest absolute Gasteiger partial charge is 0.483 e. The van der Waals surface area contributed by atoms with Gasteiger partial charge in [0, 0.05) is 0 Å². The zero-order valence-electron chi connectivity index (χ0n) is 20.8. The van der Waals surface area contributed by atoms with E-state index in [4.69, 9.17) is 44.4 Å². The van der Waals surface area contributed by atoms with Crippen molar-refractivity contribution in [3.8, 4) is 0 Å². The number of ether oxygens (including phenoxy) is 2. The van der Waals surface area contributed by atoms with Crippen LogP contribution in [0.5, 0.6) is 0 Å². The molecule has 4 N–H and O–H groups in total. The van der Waals surface area contributed by atoms with Crippen LogP contribution in [0, 0.1) is 0 Å². The summed E-state index contributed by atoms with van der Waals surface area (Å²) in [4.78, 5) is 53.2. The Balaban J connectivity index is -0.000000114. The highest BCUT2D eigenvalue weighted by molar-refractivity contribution is 5.87. The highest BCUT2D eigenvalue weighted by atomic mass is 16.5. The number of carboxylic acids is 1. The first-order valence-corrected chi connectivity index (χ1v) is 9.83. The second-order valence-corrected chi connectivity index (χ2v) is 4.96. The Labute approximate surface area is 220 Å². The third-order valence-electron chi connectivity index (χ3n) is 2.55. The number of benzene rings is 3. The first-order valence-electron chi connectivity index (χ1n) is 9.83. The van der Waals surface area contributed by atoms with Gasteiger partial charge < -0.3 is 29.9 Å². The molecule has 0 saturated heterocycles. The first kappa shape index (κ1) is 42.6. The molecule has 0 radical (unpaired) electrons. The van der Waals surface area contributed by atoms with Crippen LogP contribution in [-0.4, -0.2) is 73.0 Å². The summed E-state index contributed by atoms with van der Waals surface area (Å²) in [5.74, 6) is -0.879. The highest BCUT2D eigenvalue weighted by Crippen LogP contribution is 1.96. The molecule has 0 amide bonds. The highest BCUT2D eigenvalue weighted by Gasteiger charge is 1.96. The number of aromatic carboxylic acids is 1. The van der Waals surface area contributed by atoms with Gasteiger partial charge in [0.05, 0.1) is 19.8 Å². The molecule has 12 heteroatoms. The Hall–Kier alpha value is -5.52. The van der Waals surface area contributed by atoms with Gasteiger partial charge >= 0.3 is 5.97 Å². The Morgan fingerprint density at radius 2 is 0.684 bits per heavy atom. The van der Waals surface area contributed by atoms with E-state index in [1.807, 2.05) is 72.8 Å². The molecule has 3 rings (SSSR count). The maximum absolute atomic E-state index is 10.2. The van der Waals surface area contributed by atoms with E-state index < -0.39 is 5.97 Å². The van der Waals surface area contributed by atoms with E-state index in [0.717, 1.165) is 0 Å².